The van der Waals surface area contributed by atoms with E-state index in [-0.39, 0.29) is 22.8 Å². The summed E-state index contributed by atoms with van der Waals surface area (Å²) in [5.74, 6) is -0.329. The number of hydrogen-bond donors (Lipinski definition) is 1. The molecule has 0 aliphatic rings. The summed E-state index contributed by atoms with van der Waals surface area (Å²) in [7, 11) is 1.54. The van der Waals surface area contributed by atoms with Crippen LogP contribution in [0.3, 0.4) is 0 Å². The molecule has 10 nitrogen and oxygen atoms in total. The number of anilines is 2. The summed E-state index contributed by atoms with van der Waals surface area (Å²) >= 11 is 0. The number of nitrogens with zero attached hydrogens (tertiary/aromatic N) is 5. The molecule has 1 aromatic carbocycles. The van der Waals surface area contributed by atoms with Crippen molar-refractivity contribution >= 4 is 23.0 Å². The van der Waals surface area contributed by atoms with Crippen LogP contribution in [0.2, 0.25) is 0 Å². The van der Waals surface area contributed by atoms with Gasteiger partial charge in [-0.1, -0.05) is 0 Å². The number of hydrogen-bond acceptors (Lipinski definition) is 7. The van der Waals surface area contributed by atoms with E-state index in [0.29, 0.717) is 0 Å². The lowest BCUT2D eigenvalue weighted by molar-refractivity contribution is -0.388. The van der Waals surface area contributed by atoms with E-state index < -0.39 is 15.7 Å². The van der Waals surface area contributed by atoms with E-state index in [0.717, 1.165) is 6.07 Å². The smallest absolute Gasteiger partial charge is 0.358 e. The molecule has 0 fully saturated rings. The van der Waals surface area contributed by atoms with Crippen LogP contribution in [0, 0.1) is 31.6 Å². The number of imidazole rings is 1. The summed E-state index contributed by atoms with van der Waals surface area (Å²) in [4.78, 5) is 23.9. The van der Waals surface area contributed by atoms with Gasteiger partial charge >= 0.3 is 5.82 Å². The van der Waals surface area contributed by atoms with Gasteiger partial charge in [-0.25, -0.2) is 0 Å². The number of nitro groups is 2. The number of nitro benzene ring substituents is 1. The van der Waals surface area contributed by atoms with Crippen LogP contribution in [0.1, 0.15) is 5.56 Å². The minimum Gasteiger partial charge on any atom is -0.358 e. The van der Waals surface area contributed by atoms with Crippen molar-refractivity contribution in [2.24, 2.45) is 7.05 Å². The third-order valence-corrected chi connectivity index (χ3v) is 2.68. The second kappa shape index (κ2) is 5.25. The number of aryl methyl sites for hydroxylation is 1. The fourth-order valence-electron chi connectivity index (χ4n) is 1.67. The number of non-ortho nitro benzene ring substituents is 1. The maximum atomic E-state index is 10.9. The Balaban J connectivity index is 2.46. The van der Waals surface area contributed by atoms with Crippen molar-refractivity contribution in [2.75, 3.05) is 5.32 Å². The summed E-state index contributed by atoms with van der Waals surface area (Å²) in [6.07, 6.45) is 1.25. The molecular formula is C11H8N6O4. The van der Waals surface area contributed by atoms with E-state index in [2.05, 4.69) is 10.3 Å². The molecule has 0 saturated carbocycles. The normalized spacial score (nSPS) is 9.90. The first-order valence-electron chi connectivity index (χ1n) is 5.55. The Bertz CT molecular complexity index is 776. The molecule has 0 aliphatic heterocycles. The molecule has 0 spiro atoms. The lowest BCUT2D eigenvalue weighted by Crippen LogP contribution is -2.02. The summed E-state index contributed by atoms with van der Waals surface area (Å²) in [5.41, 5.74) is -0.0221. The zero-order chi connectivity index (χ0) is 15.6. The van der Waals surface area contributed by atoms with E-state index in [1.165, 1.54) is 23.0 Å². The van der Waals surface area contributed by atoms with Crippen LogP contribution in [0.15, 0.2) is 24.5 Å². The Labute approximate surface area is 117 Å². The average Bonchev–Trinajstić information content (AvgIpc) is 2.80. The monoisotopic (exact) mass is 288 g/mol. The standard InChI is InChI=1S/C11H8N6O4/c1-15-6-13-10(17(20)21)11(15)14-9-3-2-8(16(18)19)4-7(9)5-12/h2-4,6,14H,1H3. The van der Waals surface area contributed by atoms with Gasteiger partial charge in [0, 0.05) is 19.2 Å². The van der Waals surface area contributed by atoms with E-state index in [1.54, 1.807) is 13.1 Å². The van der Waals surface area contributed by atoms with Crippen molar-refractivity contribution in [1.82, 2.24) is 9.55 Å². The van der Waals surface area contributed by atoms with Gasteiger partial charge in [0.15, 0.2) is 0 Å². The number of nitrogens with one attached hydrogen (secondary N) is 1. The third kappa shape index (κ3) is 2.61. The quantitative estimate of drug-likeness (QED) is 0.668. The van der Waals surface area contributed by atoms with Crippen molar-refractivity contribution in [3.05, 3.63) is 50.3 Å². The molecule has 0 aliphatic carbocycles. The lowest BCUT2D eigenvalue weighted by Gasteiger charge is -2.07. The minimum absolute atomic E-state index is 0.000280. The van der Waals surface area contributed by atoms with E-state index in [9.17, 15) is 20.2 Å². The highest BCUT2D eigenvalue weighted by molar-refractivity contribution is 5.70. The Hall–Kier alpha value is -3.48. The molecule has 0 atom stereocenters. The third-order valence-electron chi connectivity index (χ3n) is 2.68. The van der Waals surface area contributed by atoms with Crippen molar-refractivity contribution in [1.29, 1.82) is 5.26 Å². The van der Waals surface area contributed by atoms with Crippen LogP contribution in [0.4, 0.5) is 23.0 Å². The number of rotatable bonds is 4. The topological polar surface area (TPSA) is 140 Å². The van der Waals surface area contributed by atoms with Gasteiger partial charge in [0.05, 0.1) is 16.2 Å². The van der Waals surface area contributed by atoms with E-state index >= 15 is 0 Å². The molecule has 2 rings (SSSR count). The highest BCUT2D eigenvalue weighted by Gasteiger charge is 2.21. The molecule has 0 amide bonds. The summed E-state index contributed by atoms with van der Waals surface area (Å²) < 4.78 is 1.38. The minimum atomic E-state index is -0.667. The second-order valence-corrected chi connectivity index (χ2v) is 4.01. The molecule has 106 valence electrons. The highest BCUT2D eigenvalue weighted by Crippen LogP contribution is 2.29. The Kier molecular flexibility index (Phi) is 3.49. The molecule has 0 bridgehead atoms. The highest BCUT2D eigenvalue weighted by atomic mass is 16.6. The number of benzene rings is 1. The van der Waals surface area contributed by atoms with Gasteiger partial charge in [-0.3, -0.25) is 14.7 Å². The summed E-state index contributed by atoms with van der Waals surface area (Å²) in [6.45, 7) is 0. The van der Waals surface area contributed by atoms with Gasteiger partial charge in [-0.2, -0.15) is 5.26 Å². The molecule has 21 heavy (non-hydrogen) atoms. The SMILES string of the molecule is Cn1cnc([N+](=O)[O-])c1Nc1ccc([N+](=O)[O-])cc1C#N. The molecule has 10 heteroatoms. The molecular weight excluding hydrogens is 280 g/mol. The van der Waals surface area contributed by atoms with Crippen molar-refractivity contribution in [3.8, 4) is 6.07 Å². The first kappa shape index (κ1) is 13.9. The van der Waals surface area contributed by atoms with E-state index in [4.69, 9.17) is 5.26 Å². The average molecular weight is 288 g/mol. The Morgan fingerprint density at radius 1 is 1.33 bits per heavy atom. The fourth-order valence-corrected chi connectivity index (χ4v) is 1.67. The summed E-state index contributed by atoms with van der Waals surface area (Å²) in [6, 6.07) is 5.41. The first-order valence-corrected chi connectivity index (χ1v) is 5.55. The lowest BCUT2D eigenvalue weighted by atomic mass is 10.1. The van der Waals surface area contributed by atoms with Crippen molar-refractivity contribution < 1.29 is 9.85 Å². The zero-order valence-corrected chi connectivity index (χ0v) is 10.7. The molecule has 0 saturated heterocycles. The summed E-state index contributed by atoms with van der Waals surface area (Å²) in [5, 5.41) is 33.3. The van der Waals surface area contributed by atoms with Gasteiger partial charge in [-0.15, -0.1) is 0 Å². The van der Waals surface area contributed by atoms with Gasteiger partial charge in [0.1, 0.15) is 6.07 Å². The number of aromatic nitrogens is 2. The van der Waals surface area contributed by atoms with Crippen LogP contribution in [-0.2, 0) is 7.05 Å². The molecule has 2 aromatic rings. The van der Waals surface area contributed by atoms with Gasteiger partial charge < -0.3 is 15.4 Å². The van der Waals surface area contributed by atoms with Crippen molar-refractivity contribution in [2.45, 2.75) is 0 Å². The first-order chi connectivity index (χ1) is 9.93. The van der Waals surface area contributed by atoms with Crippen LogP contribution in [0.5, 0.6) is 0 Å². The zero-order valence-electron chi connectivity index (χ0n) is 10.7. The van der Waals surface area contributed by atoms with Crippen LogP contribution in [0.25, 0.3) is 0 Å². The predicted molar refractivity (Wildman–Crippen MR) is 71.0 cm³/mol. The molecule has 1 heterocycles. The predicted octanol–water partition coefficient (Wildman–Crippen LogP) is 1.85. The van der Waals surface area contributed by atoms with Crippen molar-refractivity contribution in [3.63, 3.8) is 0 Å². The van der Waals surface area contributed by atoms with Crippen LogP contribution in [-0.4, -0.2) is 19.4 Å². The van der Waals surface area contributed by atoms with Crippen LogP contribution >= 0.6 is 0 Å². The maximum absolute atomic E-state index is 10.9. The number of nitriles is 1. The van der Waals surface area contributed by atoms with Crippen LogP contribution < -0.4 is 5.32 Å². The fraction of sp³-hybridized carbons (Fsp3) is 0.0909. The Morgan fingerprint density at radius 3 is 2.62 bits per heavy atom. The van der Waals surface area contributed by atoms with Gasteiger partial charge in [0.2, 0.25) is 12.1 Å². The molecule has 0 radical (unpaired) electrons. The Morgan fingerprint density at radius 2 is 2.05 bits per heavy atom. The largest absolute Gasteiger partial charge is 0.406 e. The molecule has 1 N–H and O–H groups in total. The van der Waals surface area contributed by atoms with Gasteiger partial charge in [-0.05, 0) is 16.0 Å². The molecule has 1 aromatic heterocycles. The van der Waals surface area contributed by atoms with E-state index in [1.807, 2.05) is 0 Å². The maximum Gasteiger partial charge on any atom is 0.406 e. The second-order valence-electron chi connectivity index (χ2n) is 4.01. The van der Waals surface area contributed by atoms with Gasteiger partial charge in [0.25, 0.3) is 5.69 Å². The molecule has 0 unspecified atom stereocenters.